The first kappa shape index (κ1) is 22.2. The highest BCUT2D eigenvalue weighted by Gasteiger charge is 2.16. The van der Waals surface area contributed by atoms with Crippen molar-refractivity contribution in [2.45, 2.75) is 4.90 Å². The molecule has 0 unspecified atom stereocenters. The minimum absolute atomic E-state index is 0.314. The Labute approximate surface area is 234 Å². The molecular weight excluding hydrogens is 507 g/mol. The molecule has 0 bridgehead atoms. The molecule has 0 N–H and O–H groups in total. The van der Waals surface area contributed by atoms with Crippen LogP contribution in [0.2, 0.25) is 0 Å². The summed E-state index contributed by atoms with van der Waals surface area (Å²) in [5.74, 6) is 0. The van der Waals surface area contributed by atoms with Crippen molar-refractivity contribution in [2.75, 3.05) is 0 Å². The molecule has 0 radical (unpaired) electrons. The lowest BCUT2D eigenvalue weighted by molar-refractivity contribution is 0.934. The van der Waals surface area contributed by atoms with E-state index < -0.39 is 0 Å². The van der Waals surface area contributed by atoms with Crippen LogP contribution in [-0.4, -0.2) is 0 Å². The molecule has 0 amide bonds. The molecule has 0 spiro atoms. The maximum atomic E-state index is 14.3. The quantitative estimate of drug-likeness (QED) is 0.206. The lowest BCUT2D eigenvalue weighted by atomic mass is 9.87. The van der Waals surface area contributed by atoms with Crippen molar-refractivity contribution >= 4 is 76.8 Å². The highest BCUT2D eigenvalue weighted by atomic mass is 32.2. The zero-order valence-electron chi connectivity index (χ0n) is 21.4. The molecular formula is C38H21FS. The second-order valence-electron chi connectivity index (χ2n) is 10.8. The van der Waals surface area contributed by atoms with Crippen molar-refractivity contribution in [3.63, 3.8) is 0 Å². The summed E-state index contributed by atoms with van der Waals surface area (Å²) in [6.45, 7) is 0. The van der Waals surface area contributed by atoms with E-state index in [1.165, 1.54) is 64.6 Å². The average Bonchev–Trinajstić information content (AvgIpc) is 3.02. The van der Waals surface area contributed by atoms with E-state index in [2.05, 4.69) is 115 Å². The van der Waals surface area contributed by atoms with Crippen molar-refractivity contribution in [1.82, 2.24) is 0 Å². The van der Waals surface area contributed by atoms with E-state index in [9.17, 15) is 3.89 Å². The van der Waals surface area contributed by atoms with E-state index in [0.717, 1.165) is 22.3 Å². The third kappa shape index (κ3) is 3.03. The monoisotopic (exact) mass is 528 g/mol. The zero-order valence-corrected chi connectivity index (χ0v) is 22.2. The summed E-state index contributed by atoms with van der Waals surface area (Å²) in [5.41, 5.74) is 4.31. The number of halogens is 1. The summed E-state index contributed by atoms with van der Waals surface area (Å²) in [7, 11) is 0. The van der Waals surface area contributed by atoms with Gasteiger partial charge in [-0.25, -0.2) is 0 Å². The van der Waals surface area contributed by atoms with Gasteiger partial charge in [0.2, 0.25) is 0 Å². The second kappa shape index (κ2) is 8.17. The maximum Gasteiger partial charge on any atom is 0.0812 e. The SMILES string of the molecule is FSc1cc(-c2ccc3ccc4cccc5ccc2c3c45)cc(-c2ccc3ccc4cccc5ccc2c3c45)c1. The van der Waals surface area contributed by atoms with E-state index in [1.54, 1.807) is 0 Å². The first-order valence-electron chi connectivity index (χ1n) is 13.5. The van der Waals surface area contributed by atoms with E-state index in [4.69, 9.17) is 0 Å². The highest BCUT2D eigenvalue weighted by molar-refractivity contribution is 7.94. The van der Waals surface area contributed by atoms with Crippen LogP contribution in [0.15, 0.2) is 132 Å². The molecule has 9 aromatic rings. The minimum Gasteiger partial charge on any atom is -0.160 e. The predicted molar refractivity (Wildman–Crippen MR) is 172 cm³/mol. The Morgan fingerprint density at radius 1 is 0.375 bits per heavy atom. The maximum absolute atomic E-state index is 14.3. The fourth-order valence-electron chi connectivity index (χ4n) is 6.93. The Kier molecular flexibility index (Phi) is 4.53. The van der Waals surface area contributed by atoms with Gasteiger partial charge in [-0.2, -0.15) is 3.89 Å². The number of benzene rings is 9. The normalized spacial score (nSPS) is 12.2. The van der Waals surface area contributed by atoms with Gasteiger partial charge in [0.25, 0.3) is 0 Å². The molecule has 40 heavy (non-hydrogen) atoms. The Balaban J connectivity index is 1.33. The molecule has 9 aromatic carbocycles. The van der Waals surface area contributed by atoms with Gasteiger partial charge in [0, 0.05) is 4.90 Å². The van der Waals surface area contributed by atoms with Gasteiger partial charge in [0.05, 0.1) is 12.1 Å². The molecule has 0 fully saturated rings. The Hall–Kier alpha value is -4.66. The lowest BCUT2D eigenvalue weighted by Crippen LogP contribution is -1.90. The van der Waals surface area contributed by atoms with Gasteiger partial charge < -0.3 is 0 Å². The van der Waals surface area contributed by atoms with Gasteiger partial charge >= 0.3 is 0 Å². The Bertz CT molecular complexity index is 2220. The summed E-state index contributed by atoms with van der Waals surface area (Å²) >= 11 is 0.314. The van der Waals surface area contributed by atoms with Gasteiger partial charge in [0.15, 0.2) is 0 Å². The highest BCUT2D eigenvalue weighted by Crippen LogP contribution is 2.43. The van der Waals surface area contributed by atoms with E-state index in [0.29, 0.717) is 17.0 Å². The summed E-state index contributed by atoms with van der Waals surface area (Å²) in [6, 6.07) is 45.6. The summed E-state index contributed by atoms with van der Waals surface area (Å²) < 4.78 is 14.3. The lowest BCUT2D eigenvalue weighted by Gasteiger charge is -2.17. The third-order valence-corrected chi connectivity index (χ3v) is 9.09. The molecule has 0 atom stereocenters. The first-order valence-corrected chi connectivity index (χ1v) is 14.3. The molecule has 2 heteroatoms. The molecule has 0 aliphatic rings. The summed E-state index contributed by atoms with van der Waals surface area (Å²) in [4.78, 5) is 0.615. The molecule has 0 saturated carbocycles. The molecule has 0 heterocycles. The van der Waals surface area contributed by atoms with Crippen molar-refractivity contribution in [2.24, 2.45) is 0 Å². The van der Waals surface area contributed by atoms with E-state index >= 15 is 0 Å². The predicted octanol–water partition coefficient (Wildman–Crippen LogP) is 11.8. The summed E-state index contributed by atoms with van der Waals surface area (Å²) in [6.07, 6.45) is 0. The second-order valence-corrected chi connectivity index (χ2v) is 11.4. The number of hydrogen-bond donors (Lipinski definition) is 0. The average molecular weight is 529 g/mol. The molecule has 0 saturated heterocycles. The van der Waals surface area contributed by atoms with Crippen molar-refractivity contribution in [1.29, 1.82) is 0 Å². The topological polar surface area (TPSA) is 0 Å². The molecule has 0 aliphatic heterocycles. The van der Waals surface area contributed by atoms with Gasteiger partial charge in [-0.3, -0.25) is 0 Å². The molecule has 9 rings (SSSR count). The smallest absolute Gasteiger partial charge is 0.0812 e. The van der Waals surface area contributed by atoms with Crippen molar-refractivity contribution < 1.29 is 3.89 Å². The molecule has 186 valence electrons. The van der Waals surface area contributed by atoms with Crippen LogP contribution in [0, 0.1) is 0 Å². The molecule has 0 nitrogen and oxygen atoms in total. The van der Waals surface area contributed by atoms with Crippen LogP contribution in [0.5, 0.6) is 0 Å². The standard InChI is InChI=1S/C38H21FS/c39-40-30-20-28(31-15-11-26-9-7-22-3-1-5-24-13-17-33(31)37(26)35(22)24)19-29(21-30)32-16-12-27-10-8-23-4-2-6-25-14-18-34(32)38(27)36(23)25/h1-21H. The van der Waals surface area contributed by atoms with Crippen LogP contribution in [0.3, 0.4) is 0 Å². The largest absolute Gasteiger partial charge is 0.160 e. The van der Waals surface area contributed by atoms with E-state index in [1.807, 2.05) is 12.1 Å². The fraction of sp³-hybridized carbons (Fsp3) is 0. The first-order chi connectivity index (χ1) is 19.8. The van der Waals surface area contributed by atoms with E-state index in [-0.39, 0.29) is 0 Å². The fourth-order valence-corrected chi connectivity index (χ4v) is 7.27. The van der Waals surface area contributed by atoms with Crippen LogP contribution in [0.25, 0.3) is 86.9 Å². The van der Waals surface area contributed by atoms with Crippen molar-refractivity contribution in [3.05, 3.63) is 127 Å². The molecule has 0 aromatic heterocycles. The van der Waals surface area contributed by atoms with Crippen LogP contribution < -0.4 is 0 Å². The Morgan fingerprint density at radius 2 is 0.750 bits per heavy atom. The van der Waals surface area contributed by atoms with Crippen LogP contribution >= 0.6 is 12.1 Å². The van der Waals surface area contributed by atoms with Gasteiger partial charge in [-0.1, -0.05) is 109 Å². The van der Waals surface area contributed by atoms with Crippen LogP contribution in [0.1, 0.15) is 0 Å². The van der Waals surface area contributed by atoms with Gasteiger partial charge in [-0.05, 0) is 105 Å². The van der Waals surface area contributed by atoms with Crippen LogP contribution in [-0.2, 0) is 0 Å². The van der Waals surface area contributed by atoms with Crippen molar-refractivity contribution in [3.8, 4) is 22.3 Å². The number of hydrogen-bond acceptors (Lipinski definition) is 1. The third-order valence-electron chi connectivity index (χ3n) is 8.67. The minimum atomic E-state index is 0.314. The summed E-state index contributed by atoms with van der Waals surface area (Å²) in [5, 5.41) is 15.0. The number of rotatable bonds is 3. The van der Waals surface area contributed by atoms with Crippen LogP contribution in [0.4, 0.5) is 3.89 Å². The molecule has 0 aliphatic carbocycles. The Morgan fingerprint density at radius 3 is 1.18 bits per heavy atom. The van der Waals surface area contributed by atoms with Gasteiger partial charge in [0.1, 0.15) is 0 Å². The zero-order chi connectivity index (χ0) is 26.4. The van der Waals surface area contributed by atoms with Gasteiger partial charge in [-0.15, -0.1) is 0 Å².